The molecule has 0 saturated heterocycles. The van der Waals surface area contributed by atoms with E-state index < -0.39 is 0 Å². The van der Waals surface area contributed by atoms with E-state index in [1.807, 2.05) is 31.2 Å². The number of unbranched alkanes of at least 4 members (excludes halogenated alkanes) is 6. The van der Waals surface area contributed by atoms with Gasteiger partial charge in [0.1, 0.15) is 5.75 Å². The summed E-state index contributed by atoms with van der Waals surface area (Å²) in [6.07, 6.45) is 9.06. The van der Waals surface area contributed by atoms with E-state index in [1.165, 1.54) is 38.5 Å². The highest BCUT2D eigenvalue weighted by atomic mass is 32.1. The summed E-state index contributed by atoms with van der Waals surface area (Å²) in [6.45, 7) is 4.93. The Morgan fingerprint density at radius 2 is 1.70 bits per heavy atom. The number of hydrogen-bond acceptors (Lipinski definition) is 3. The van der Waals surface area contributed by atoms with Gasteiger partial charge in [0.15, 0.2) is 5.11 Å². The van der Waals surface area contributed by atoms with E-state index in [4.69, 9.17) is 22.7 Å². The van der Waals surface area contributed by atoms with E-state index in [9.17, 15) is 0 Å². The second-order valence-electron chi connectivity index (χ2n) is 5.67. The van der Waals surface area contributed by atoms with Gasteiger partial charge in [-0.25, -0.2) is 0 Å². The first-order valence-corrected chi connectivity index (χ1v) is 8.87. The zero-order valence-electron chi connectivity index (χ0n) is 14.3. The van der Waals surface area contributed by atoms with Gasteiger partial charge in [0.05, 0.1) is 12.3 Å². The molecule has 0 aliphatic carbocycles. The third-order valence-corrected chi connectivity index (χ3v) is 3.71. The molecule has 0 bridgehead atoms. The Morgan fingerprint density at radius 1 is 1.09 bits per heavy atom. The molecule has 0 aromatic heterocycles. The van der Waals surface area contributed by atoms with Crippen LogP contribution in [0.15, 0.2) is 29.4 Å². The van der Waals surface area contributed by atoms with Gasteiger partial charge >= 0.3 is 0 Å². The maximum absolute atomic E-state index is 5.77. The van der Waals surface area contributed by atoms with E-state index in [0.29, 0.717) is 0 Å². The summed E-state index contributed by atoms with van der Waals surface area (Å²) in [7, 11) is 0. The Bertz CT molecular complexity index is 486. The first-order chi connectivity index (χ1) is 11.1. The molecule has 0 amide bonds. The average Bonchev–Trinajstić information content (AvgIpc) is 2.55. The van der Waals surface area contributed by atoms with Gasteiger partial charge in [-0.2, -0.15) is 5.10 Å². The van der Waals surface area contributed by atoms with Crippen LogP contribution in [0.4, 0.5) is 0 Å². The van der Waals surface area contributed by atoms with Crippen molar-refractivity contribution in [1.82, 2.24) is 5.43 Å². The fourth-order valence-corrected chi connectivity index (χ4v) is 2.29. The number of hydrogen-bond donors (Lipinski definition) is 2. The third kappa shape index (κ3) is 9.18. The van der Waals surface area contributed by atoms with E-state index in [1.54, 1.807) is 0 Å². The largest absolute Gasteiger partial charge is 0.494 e. The van der Waals surface area contributed by atoms with Gasteiger partial charge in [-0.05, 0) is 55.4 Å². The fraction of sp³-hybridized carbons (Fsp3) is 0.556. The molecule has 0 fully saturated rings. The molecule has 1 rings (SSSR count). The summed E-state index contributed by atoms with van der Waals surface area (Å²) >= 11 is 4.72. The van der Waals surface area contributed by atoms with E-state index in [2.05, 4.69) is 17.5 Å². The number of ether oxygens (including phenoxy) is 1. The monoisotopic (exact) mass is 335 g/mol. The van der Waals surface area contributed by atoms with Crippen LogP contribution in [-0.4, -0.2) is 17.4 Å². The fourth-order valence-electron chi connectivity index (χ4n) is 2.25. The second-order valence-corrected chi connectivity index (χ2v) is 6.11. The molecule has 128 valence electrons. The predicted octanol–water partition coefficient (Wildman–Crippen LogP) is 4.37. The van der Waals surface area contributed by atoms with Crippen LogP contribution in [-0.2, 0) is 0 Å². The summed E-state index contributed by atoms with van der Waals surface area (Å²) in [5.74, 6) is 0.898. The van der Waals surface area contributed by atoms with Crippen molar-refractivity contribution in [1.29, 1.82) is 0 Å². The van der Waals surface area contributed by atoms with Crippen LogP contribution in [0.2, 0.25) is 0 Å². The normalized spacial score (nSPS) is 11.3. The maximum Gasteiger partial charge on any atom is 0.184 e. The minimum absolute atomic E-state index is 0.166. The Balaban J connectivity index is 2.24. The number of hydrazone groups is 1. The highest BCUT2D eigenvalue weighted by molar-refractivity contribution is 7.80. The first-order valence-electron chi connectivity index (χ1n) is 8.46. The first kappa shape index (κ1) is 19.4. The van der Waals surface area contributed by atoms with Crippen molar-refractivity contribution in [3.63, 3.8) is 0 Å². The summed E-state index contributed by atoms with van der Waals surface area (Å²) < 4.78 is 5.77. The summed E-state index contributed by atoms with van der Waals surface area (Å²) in [4.78, 5) is 0. The number of nitrogens with zero attached hydrogens (tertiary/aromatic N) is 1. The molecule has 23 heavy (non-hydrogen) atoms. The Labute approximate surface area is 145 Å². The van der Waals surface area contributed by atoms with Crippen molar-refractivity contribution in [2.45, 2.75) is 58.8 Å². The van der Waals surface area contributed by atoms with E-state index in [0.717, 1.165) is 30.1 Å². The quantitative estimate of drug-likeness (QED) is 0.273. The zero-order chi connectivity index (χ0) is 16.9. The standard InChI is InChI=1S/C18H29N3OS/c1-3-4-5-6-7-8-9-14-22-17-12-10-16(11-13-17)15(2)20-21-18(19)23/h10-13H,3-9,14H2,1-2H3,(H3,19,21,23)/b20-15+. The van der Waals surface area contributed by atoms with Crippen molar-refractivity contribution >= 4 is 23.0 Å². The molecule has 0 aliphatic heterocycles. The van der Waals surface area contributed by atoms with Crippen LogP contribution in [0.5, 0.6) is 5.75 Å². The highest BCUT2D eigenvalue weighted by Gasteiger charge is 1.99. The average molecular weight is 336 g/mol. The molecular weight excluding hydrogens is 306 g/mol. The number of rotatable bonds is 11. The van der Waals surface area contributed by atoms with Gasteiger partial charge in [-0.3, -0.25) is 5.43 Å². The molecule has 4 nitrogen and oxygen atoms in total. The van der Waals surface area contributed by atoms with Crippen molar-refractivity contribution in [3.05, 3.63) is 29.8 Å². The van der Waals surface area contributed by atoms with Crippen LogP contribution in [0.1, 0.15) is 64.4 Å². The minimum Gasteiger partial charge on any atom is -0.494 e. The van der Waals surface area contributed by atoms with E-state index >= 15 is 0 Å². The molecule has 0 aliphatic rings. The molecule has 0 heterocycles. The second kappa shape index (κ2) is 11.9. The van der Waals surface area contributed by atoms with Crippen molar-refractivity contribution in [2.24, 2.45) is 10.8 Å². The molecular formula is C18H29N3OS. The van der Waals surface area contributed by atoms with Crippen LogP contribution in [0.25, 0.3) is 0 Å². The molecule has 3 N–H and O–H groups in total. The van der Waals surface area contributed by atoms with Gasteiger partial charge in [0.2, 0.25) is 0 Å². The lowest BCUT2D eigenvalue weighted by atomic mass is 10.1. The molecule has 0 atom stereocenters. The maximum atomic E-state index is 5.77. The Kier molecular flexibility index (Phi) is 10.0. The van der Waals surface area contributed by atoms with Gasteiger partial charge < -0.3 is 10.5 Å². The number of nitrogens with one attached hydrogen (secondary N) is 1. The lowest BCUT2D eigenvalue weighted by molar-refractivity contribution is 0.304. The molecule has 0 spiro atoms. The zero-order valence-corrected chi connectivity index (χ0v) is 15.1. The lowest BCUT2D eigenvalue weighted by Crippen LogP contribution is -2.25. The SMILES string of the molecule is CCCCCCCCCOc1ccc(/C(C)=N/NC(N)=S)cc1. The van der Waals surface area contributed by atoms with Gasteiger partial charge in [0.25, 0.3) is 0 Å². The van der Waals surface area contributed by atoms with Crippen molar-refractivity contribution < 1.29 is 4.74 Å². The number of nitrogens with two attached hydrogens (primary N) is 1. The summed E-state index contributed by atoms with van der Waals surface area (Å²) in [6, 6.07) is 7.91. The highest BCUT2D eigenvalue weighted by Crippen LogP contribution is 2.14. The smallest absolute Gasteiger partial charge is 0.184 e. The molecule has 5 heteroatoms. The van der Waals surface area contributed by atoms with Gasteiger partial charge in [-0.15, -0.1) is 0 Å². The molecule has 0 saturated carbocycles. The Morgan fingerprint density at radius 3 is 2.30 bits per heavy atom. The van der Waals surface area contributed by atoms with Crippen LogP contribution >= 0.6 is 12.2 Å². The summed E-state index contributed by atoms with van der Waals surface area (Å²) in [5, 5.41) is 4.27. The van der Waals surface area contributed by atoms with Crippen LogP contribution < -0.4 is 15.9 Å². The van der Waals surface area contributed by atoms with Crippen molar-refractivity contribution in [2.75, 3.05) is 6.61 Å². The topological polar surface area (TPSA) is 59.6 Å². The number of benzene rings is 1. The van der Waals surface area contributed by atoms with Gasteiger partial charge in [0, 0.05) is 0 Å². The molecule has 0 radical (unpaired) electrons. The predicted molar refractivity (Wildman–Crippen MR) is 102 cm³/mol. The number of thiocarbonyl (C=S) groups is 1. The van der Waals surface area contributed by atoms with Gasteiger partial charge in [-0.1, -0.05) is 45.4 Å². The minimum atomic E-state index is 0.166. The summed E-state index contributed by atoms with van der Waals surface area (Å²) in [5.41, 5.74) is 9.78. The van der Waals surface area contributed by atoms with Crippen LogP contribution in [0.3, 0.4) is 0 Å². The third-order valence-electron chi connectivity index (χ3n) is 3.62. The van der Waals surface area contributed by atoms with Crippen LogP contribution in [0, 0.1) is 0 Å². The lowest BCUT2D eigenvalue weighted by Gasteiger charge is -2.07. The molecule has 1 aromatic rings. The van der Waals surface area contributed by atoms with E-state index in [-0.39, 0.29) is 5.11 Å². The Hall–Kier alpha value is -1.62. The molecule has 0 unspecified atom stereocenters. The van der Waals surface area contributed by atoms with Crippen molar-refractivity contribution in [3.8, 4) is 5.75 Å². The molecule has 1 aromatic carbocycles.